The van der Waals surface area contributed by atoms with Crippen LogP contribution in [-0.2, 0) is 0 Å². The molecule has 1 aromatic carbocycles. The summed E-state index contributed by atoms with van der Waals surface area (Å²) >= 11 is 3.54. The Morgan fingerprint density at radius 3 is 1.90 bits per heavy atom. The summed E-state index contributed by atoms with van der Waals surface area (Å²) in [6.45, 7) is 0. The van der Waals surface area contributed by atoms with E-state index < -0.39 is 0 Å². The largest absolute Gasteiger partial charge is 0.123 e. The molecule has 0 aliphatic heterocycles. The van der Waals surface area contributed by atoms with Crippen molar-refractivity contribution in [2.45, 2.75) is 0 Å². The first-order valence-electron chi connectivity index (χ1n) is 6.38. The minimum atomic E-state index is 1.22. The topological polar surface area (TPSA) is 0 Å². The fraction of sp³-hybridized carbons (Fsp3) is 0.111. The van der Waals surface area contributed by atoms with Gasteiger partial charge in [-0.3, -0.25) is 0 Å². The number of hydrogen-bond donors (Lipinski definition) is 0. The van der Waals surface area contributed by atoms with Crippen molar-refractivity contribution in [2.24, 2.45) is 0 Å². The van der Waals surface area contributed by atoms with Gasteiger partial charge >= 0.3 is 0 Å². The molecular formula is C18H20S2. The van der Waals surface area contributed by atoms with E-state index in [-0.39, 0.29) is 0 Å². The fourth-order valence-electron chi connectivity index (χ4n) is 1.41. The van der Waals surface area contributed by atoms with Gasteiger partial charge in [-0.05, 0) is 24.2 Å². The van der Waals surface area contributed by atoms with Crippen LogP contribution in [0.15, 0.2) is 83.2 Å². The Bertz CT molecular complexity index is 499. The van der Waals surface area contributed by atoms with Crippen molar-refractivity contribution in [1.82, 2.24) is 0 Å². The number of benzene rings is 1. The van der Waals surface area contributed by atoms with Gasteiger partial charge in [-0.2, -0.15) is 0 Å². The molecule has 1 rings (SSSR count). The molecule has 0 aromatic heterocycles. The molecule has 0 unspecified atom stereocenters. The van der Waals surface area contributed by atoms with E-state index in [1.807, 2.05) is 54.7 Å². The van der Waals surface area contributed by atoms with Crippen LogP contribution in [0.5, 0.6) is 0 Å². The first-order valence-corrected chi connectivity index (χ1v) is 8.83. The smallest absolute Gasteiger partial charge is 0.0395 e. The zero-order valence-corrected chi connectivity index (χ0v) is 13.5. The van der Waals surface area contributed by atoms with Gasteiger partial charge in [0.15, 0.2) is 0 Å². The van der Waals surface area contributed by atoms with Crippen molar-refractivity contribution >= 4 is 29.6 Å². The Hall–Kier alpha value is -1.38. The zero-order valence-electron chi connectivity index (χ0n) is 11.9. The molecule has 0 saturated carbocycles. The highest BCUT2D eigenvalue weighted by Gasteiger charge is 1.85. The third-order valence-corrected chi connectivity index (χ3v) is 4.47. The quantitative estimate of drug-likeness (QED) is 0.572. The Morgan fingerprint density at radius 1 is 0.750 bits per heavy atom. The maximum absolute atomic E-state index is 2.12. The standard InChI is InChI=1S/C18H20S2/c1-19-18(20-2)16-12-7-5-3-4-6-9-13-17-14-10-8-11-15-17/h3-16H,1-2H3/b5-3+,6-4+,12-7+,13-9+. The van der Waals surface area contributed by atoms with Gasteiger partial charge in [0.25, 0.3) is 0 Å². The van der Waals surface area contributed by atoms with E-state index in [0.717, 1.165) is 0 Å². The van der Waals surface area contributed by atoms with Crippen LogP contribution in [0.4, 0.5) is 0 Å². The third-order valence-electron chi connectivity index (χ3n) is 2.39. The lowest BCUT2D eigenvalue weighted by Crippen LogP contribution is -1.66. The van der Waals surface area contributed by atoms with Crippen LogP contribution in [0.3, 0.4) is 0 Å². The molecule has 0 radical (unpaired) electrons. The van der Waals surface area contributed by atoms with Crippen LogP contribution in [0.1, 0.15) is 5.56 Å². The summed E-state index contributed by atoms with van der Waals surface area (Å²) in [5.74, 6) is 0. The second kappa shape index (κ2) is 11.4. The molecule has 0 bridgehead atoms. The molecule has 0 aliphatic rings. The summed E-state index contributed by atoms with van der Waals surface area (Å²) in [5, 5.41) is 0. The molecule has 0 nitrogen and oxygen atoms in total. The summed E-state index contributed by atoms with van der Waals surface area (Å²) in [4.78, 5) is 0. The van der Waals surface area contributed by atoms with Gasteiger partial charge < -0.3 is 0 Å². The van der Waals surface area contributed by atoms with Gasteiger partial charge in [0.05, 0.1) is 0 Å². The van der Waals surface area contributed by atoms with Crippen molar-refractivity contribution in [1.29, 1.82) is 0 Å². The molecule has 0 fully saturated rings. The van der Waals surface area contributed by atoms with Gasteiger partial charge in [0.1, 0.15) is 0 Å². The molecule has 0 atom stereocenters. The Morgan fingerprint density at radius 2 is 1.30 bits per heavy atom. The van der Waals surface area contributed by atoms with Crippen LogP contribution in [0.25, 0.3) is 6.08 Å². The van der Waals surface area contributed by atoms with Crippen LogP contribution in [0, 0.1) is 0 Å². The van der Waals surface area contributed by atoms with Gasteiger partial charge in [-0.15, -0.1) is 23.5 Å². The summed E-state index contributed by atoms with van der Waals surface area (Å²) in [7, 11) is 0. The second-order valence-electron chi connectivity index (χ2n) is 3.82. The van der Waals surface area contributed by atoms with E-state index in [4.69, 9.17) is 0 Å². The van der Waals surface area contributed by atoms with Crippen molar-refractivity contribution in [3.8, 4) is 0 Å². The minimum absolute atomic E-state index is 1.22. The summed E-state index contributed by atoms with van der Waals surface area (Å²) in [6, 6.07) is 10.3. The molecule has 104 valence electrons. The van der Waals surface area contributed by atoms with Gasteiger partial charge in [-0.1, -0.05) is 78.9 Å². The third kappa shape index (κ3) is 7.93. The Kier molecular flexibility index (Phi) is 9.54. The molecule has 2 heteroatoms. The average molecular weight is 300 g/mol. The lowest BCUT2D eigenvalue weighted by atomic mass is 10.2. The molecule has 0 heterocycles. The van der Waals surface area contributed by atoms with Crippen LogP contribution >= 0.6 is 23.5 Å². The first-order chi connectivity index (χ1) is 9.86. The molecule has 0 spiro atoms. The molecule has 20 heavy (non-hydrogen) atoms. The highest BCUT2D eigenvalue weighted by molar-refractivity contribution is 8.21. The molecule has 1 aromatic rings. The van der Waals surface area contributed by atoms with Crippen LogP contribution < -0.4 is 0 Å². The average Bonchev–Trinajstić information content (AvgIpc) is 2.50. The van der Waals surface area contributed by atoms with Crippen molar-refractivity contribution < 1.29 is 0 Å². The molecule has 0 aliphatic carbocycles. The Labute approximate surface area is 131 Å². The molecule has 0 N–H and O–H groups in total. The number of thioether (sulfide) groups is 2. The SMILES string of the molecule is CSC(=C/C=C/C=C/C=C/C=C/c1ccccc1)SC. The van der Waals surface area contributed by atoms with E-state index in [9.17, 15) is 0 Å². The number of allylic oxidation sites excluding steroid dienone is 8. The van der Waals surface area contributed by atoms with Crippen molar-refractivity contribution in [2.75, 3.05) is 12.5 Å². The Balaban J connectivity index is 2.34. The highest BCUT2D eigenvalue weighted by Crippen LogP contribution is 2.22. The monoisotopic (exact) mass is 300 g/mol. The predicted octanol–water partition coefficient (Wildman–Crippen LogP) is 5.94. The zero-order chi connectivity index (χ0) is 14.5. The minimum Gasteiger partial charge on any atom is -0.123 e. The number of hydrogen-bond acceptors (Lipinski definition) is 2. The highest BCUT2D eigenvalue weighted by atomic mass is 32.2. The van der Waals surface area contributed by atoms with Crippen LogP contribution in [-0.4, -0.2) is 12.5 Å². The maximum atomic E-state index is 2.12. The first kappa shape index (κ1) is 16.7. The van der Waals surface area contributed by atoms with Crippen LogP contribution in [0.2, 0.25) is 0 Å². The maximum Gasteiger partial charge on any atom is 0.0395 e. The van der Waals surface area contributed by atoms with Gasteiger partial charge in [0.2, 0.25) is 0 Å². The predicted molar refractivity (Wildman–Crippen MR) is 98.0 cm³/mol. The summed E-state index contributed by atoms with van der Waals surface area (Å²) in [5.41, 5.74) is 1.22. The van der Waals surface area contributed by atoms with Gasteiger partial charge in [-0.25, -0.2) is 0 Å². The van der Waals surface area contributed by atoms with E-state index >= 15 is 0 Å². The second-order valence-corrected chi connectivity index (χ2v) is 5.77. The van der Waals surface area contributed by atoms with E-state index in [0.29, 0.717) is 0 Å². The van der Waals surface area contributed by atoms with Gasteiger partial charge in [0, 0.05) is 4.24 Å². The van der Waals surface area contributed by atoms with E-state index in [2.05, 4.69) is 42.9 Å². The summed E-state index contributed by atoms with van der Waals surface area (Å²) in [6.07, 6.45) is 22.7. The van der Waals surface area contributed by atoms with Crippen molar-refractivity contribution in [3.63, 3.8) is 0 Å². The molecule has 0 amide bonds. The molecular weight excluding hydrogens is 280 g/mol. The number of rotatable bonds is 7. The fourth-order valence-corrected chi connectivity index (χ4v) is 2.50. The lowest BCUT2D eigenvalue weighted by molar-refractivity contribution is 1.66. The molecule has 0 saturated heterocycles. The lowest BCUT2D eigenvalue weighted by Gasteiger charge is -1.93. The van der Waals surface area contributed by atoms with E-state index in [1.165, 1.54) is 9.80 Å². The van der Waals surface area contributed by atoms with Crippen molar-refractivity contribution in [3.05, 3.63) is 88.7 Å². The summed E-state index contributed by atoms with van der Waals surface area (Å²) < 4.78 is 1.32. The normalized spacial score (nSPS) is 12.1. The van der Waals surface area contributed by atoms with E-state index in [1.54, 1.807) is 23.5 Å².